The zero-order valence-electron chi connectivity index (χ0n) is 30.0. The van der Waals surface area contributed by atoms with Crippen LogP contribution in [0.15, 0.2) is 60.7 Å². The molecule has 9 heteroatoms. The van der Waals surface area contributed by atoms with E-state index in [-0.39, 0.29) is 12.0 Å². The average Bonchev–Trinajstić information content (AvgIpc) is 3.64. The lowest BCUT2D eigenvalue weighted by Gasteiger charge is -2.63. The summed E-state index contributed by atoms with van der Waals surface area (Å²) in [6.45, 7) is 8.22. The second-order valence-corrected chi connectivity index (χ2v) is 16.3. The molecule has 50 heavy (non-hydrogen) atoms. The molecule has 6 aliphatic rings. The predicted molar refractivity (Wildman–Crippen MR) is 195 cm³/mol. The van der Waals surface area contributed by atoms with E-state index in [0.29, 0.717) is 18.9 Å². The number of rotatable bonds is 6. The summed E-state index contributed by atoms with van der Waals surface area (Å²) in [6.07, 6.45) is 9.74. The normalized spacial score (nSPS) is 41.6. The summed E-state index contributed by atoms with van der Waals surface area (Å²) in [5.74, 6) is 0.168. The van der Waals surface area contributed by atoms with Gasteiger partial charge in [-0.15, -0.1) is 0 Å². The number of benzene rings is 2. The van der Waals surface area contributed by atoms with Gasteiger partial charge in [0.15, 0.2) is 5.60 Å². The van der Waals surface area contributed by atoms with Crippen LogP contribution in [0.3, 0.4) is 0 Å². The number of hydrogen-bond acceptors (Lipinski definition) is 8. The molecule has 2 saturated heterocycles. The number of nitrogens with two attached hydrogens (primary N) is 1. The van der Waals surface area contributed by atoms with E-state index in [2.05, 4.69) is 77.4 Å². The van der Waals surface area contributed by atoms with Crippen molar-refractivity contribution in [3.8, 4) is 5.75 Å². The number of ether oxygens (including phenoxy) is 1. The number of hydrogen-bond donors (Lipinski definition) is 4. The highest BCUT2D eigenvalue weighted by Crippen LogP contribution is 2.67. The first-order valence-corrected chi connectivity index (χ1v) is 18.7. The summed E-state index contributed by atoms with van der Waals surface area (Å²) in [4.78, 5) is 20.4. The lowest BCUT2D eigenvalue weighted by molar-refractivity contribution is -0.201. The quantitative estimate of drug-likeness (QED) is 0.340. The number of amides is 1. The van der Waals surface area contributed by atoms with Crippen molar-refractivity contribution in [2.24, 2.45) is 17.1 Å². The van der Waals surface area contributed by atoms with E-state index < -0.39 is 40.1 Å². The SMILES string of the molecule is CC[C@]1(O)C[C@@H]2CC(c3cc4c(cc3OC)N(C)[C@H]3[C@@](O)(C(N)=O)[C@H](O)[C@]5(CC)C=CCN6CC[C@]43[C@@H]65)/C=C(/c3ccccc3)CCN(C2)C1. The standard InChI is InChI=1S/C41H54N4O5/c1-5-38(48)23-26-19-29(20-28(13-17-44(24-26)25-38)27-11-8-7-9-12-27)30-21-31-32(22-33(30)50-4)43(3)35-40(31)15-18-45-16-10-14-39(6-2,34(40)45)36(46)41(35,49)37(42)47/h7-12,14,20-22,26,29,34-36,46,48-49H,5-6,13,15-19,23-25H2,1-4H3,(H2,42,47)/b28-20+/t26-,29?,34-,35+,36+,38-,39+,40+,41-/m0/s1. The maximum absolute atomic E-state index is 13.5. The third-order valence-electron chi connectivity index (χ3n) is 14.0. The van der Waals surface area contributed by atoms with Crippen molar-refractivity contribution in [1.82, 2.24) is 9.80 Å². The van der Waals surface area contributed by atoms with E-state index >= 15 is 0 Å². The molecule has 1 amide bonds. The van der Waals surface area contributed by atoms with Gasteiger partial charge in [0.05, 0.1) is 18.8 Å². The van der Waals surface area contributed by atoms with Crippen molar-refractivity contribution in [2.75, 3.05) is 51.8 Å². The molecular formula is C41H54N4O5. The highest BCUT2D eigenvalue weighted by molar-refractivity contribution is 5.89. The molecule has 2 bridgehead atoms. The van der Waals surface area contributed by atoms with E-state index in [4.69, 9.17) is 10.5 Å². The lowest BCUT2D eigenvalue weighted by atomic mass is 9.47. The topological polar surface area (TPSA) is 123 Å². The number of carbonyl (C=O) groups is 1. The van der Waals surface area contributed by atoms with Crippen LogP contribution in [0.25, 0.3) is 5.57 Å². The number of nitrogens with zero attached hydrogens (tertiary/aromatic N) is 3. The summed E-state index contributed by atoms with van der Waals surface area (Å²) in [6, 6.07) is 14.2. The smallest absolute Gasteiger partial charge is 0.254 e. The Morgan fingerprint density at radius 2 is 1.86 bits per heavy atom. The second kappa shape index (κ2) is 11.9. The van der Waals surface area contributed by atoms with Crippen LogP contribution >= 0.6 is 0 Å². The Labute approximate surface area is 296 Å². The van der Waals surface area contributed by atoms with Crippen LogP contribution in [-0.4, -0.2) is 107 Å². The largest absolute Gasteiger partial charge is 0.496 e. The van der Waals surface area contributed by atoms with Gasteiger partial charge in [0, 0.05) is 73.3 Å². The van der Waals surface area contributed by atoms with E-state index in [1.807, 2.05) is 18.9 Å². The molecule has 0 aromatic heterocycles. The Morgan fingerprint density at radius 1 is 1.08 bits per heavy atom. The third-order valence-corrected chi connectivity index (χ3v) is 14.0. The summed E-state index contributed by atoms with van der Waals surface area (Å²) < 4.78 is 6.24. The molecule has 9 nitrogen and oxygen atoms in total. The van der Waals surface area contributed by atoms with Crippen LogP contribution in [0.2, 0.25) is 0 Å². The van der Waals surface area contributed by atoms with Crippen LogP contribution in [0, 0.1) is 11.3 Å². The van der Waals surface area contributed by atoms with E-state index in [1.165, 1.54) is 11.1 Å². The van der Waals surface area contributed by atoms with Gasteiger partial charge in [0.1, 0.15) is 11.9 Å². The molecule has 2 aromatic carbocycles. The Balaban J connectivity index is 1.34. The Hall–Kier alpha value is -3.21. The number of allylic oxidation sites excluding steroid dienone is 1. The fourth-order valence-corrected chi connectivity index (χ4v) is 11.9. The number of piperidine rings is 1. The summed E-state index contributed by atoms with van der Waals surface area (Å²) in [5, 5.41) is 36.4. The van der Waals surface area contributed by atoms with Crippen molar-refractivity contribution >= 4 is 17.2 Å². The van der Waals surface area contributed by atoms with Crippen LogP contribution in [0.5, 0.6) is 5.75 Å². The van der Waals surface area contributed by atoms with Gasteiger partial charge < -0.3 is 30.7 Å². The van der Waals surface area contributed by atoms with E-state index in [1.54, 1.807) is 7.11 Å². The number of carbonyl (C=O) groups excluding carboxylic acids is 1. The molecule has 2 unspecified atom stereocenters. The molecule has 3 fully saturated rings. The van der Waals surface area contributed by atoms with Crippen LogP contribution < -0.4 is 15.4 Å². The molecule has 0 radical (unpaired) electrons. The summed E-state index contributed by atoms with van der Waals surface area (Å²) in [5.41, 5.74) is 7.31. The highest BCUT2D eigenvalue weighted by Gasteiger charge is 2.78. The third kappa shape index (κ3) is 4.59. The Kier molecular flexibility index (Phi) is 8.08. The van der Waals surface area contributed by atoms with Gasteiger partial charge >= 0.3 is 0 Å². The number of fused-ring (bicyclic) bond motifs is 3. The molecule has 268 valence electrons. The monoisotopic (exact) mass is 682 g/mol. The zero-order valence-corrected chi connectivity index (χ0v) is 30.0. The fourth-order valence-electron chi connectivity index (χ4n) is 11.9. The van der Waals surface area contributed by atoms with Gasteiger partial charge in [-0.2, -0.15) is 0 Å². The number of anilines is 1. The minimum atomic E-state index is -2.18. The number of likely N-dealkylation sites (N-methyl/N-ethyl adjacent to an activating group) is 1. The van der Waals surface area contributed by atoms with Crippen molar-refractivity contribution in [2.45, 2.75) is 93.1 Å². The first kappa shape index (κ1) is 33.9. The van der Waals surface area contributed by atoms with Gasteiger partial charge in [-0.05, 0) is 73.8 Å². The second-order valence-electron chi connectivity index (χ2n) is 16.3. The molecule has 2 aromatic rings. The molecule has 1 spiro atoms. The molecule has 1 saturated carbocycles. The molecule has 5 aliphatic heterocycles. The van der Waals surface area contributed by atoms with Gasteiger partial charge in [-0.3, -0.25) is 14.6 Å². The predicted octanol–water partition coefficient (Wildman–Crippen LogP) is 3.81. The van der Waals surface area contributed by atoms with Gasteiger partial charge in [-0.25, -0.2) is 0 Å². The Morgan fingerprint density at radius 3 is 2.56 bits per heavy atom. The maximum Gasteiger partial charge on any atom is 0.254 e. The first-order valence-electron chi connectivity index (χ1n) is 18.7. The Bertz CT molecular complexity index is 1730. The number of methoxy groups -OCH3 is 1. The van der Waals surface area contributed by atoms with E-state index in [9.17, 15) is 20.1 Å². The lowest BCUT2D eigenvalue weighted by Crippen LogP contribution is -2.81. The maximum atomic E-state index is 13.5. The number of primary amides is 1. The fraction of sp³-hybridized carbons (Fsp3) is 0.585. The van der Waals surface area contributed by atoms with E-state index in [0.717, 1.165) is 80.8 Å². The van der Waals surface area contributed by atoms with Gasteiger partial charge in [0.2, 0.25) is 0 Å². The highest BCUT2D eigenvalue weighted by atomic mass is 16.5. The summed E-state index contributed by atoms with van der Waals surface area (Å²) >= 11 is 0. The number of aliphatic hydroxyl groups is 3. The minimum absolute atomic E-state index is 0.000682. The number of aliphatic hydroxyl groups excluding tert-OH is 1. The van der Waals surface area contributed by atoms with Crippen molar-refractivity contribution in [3.63, 3.8) is 0 Å². The average molecular weight is 683 g/mol. The zero-order chi connectivity index (χ0) is 35.2. The minimum Gasteiger partial charge on any atom is -0.496 e. The van der Waals surface area contributed by atoms with Crippen LogP contribution in [0.4, 0.5) is 5.69 Å². The molecule has 5 heterocycles. The first-order chi connectivity index (χ1) is 24.0. The molecular weight excluding hydrogens is 628 g/mol. The molecule has 10 atom stereocenters. The van der Waals surface area contributed by atoms with Crippen LogP contribution in [-0.2, 0) is 10.2 Å². The van der Waals surface area contributed by atoms with Crippen molar-refractivity contribution < 1.29 is 24.9 Å². The van der Waals surface area contributed by atoms with Crippen molar-refractivity contribution in [3.05, 3.63) is 77.4 Å². The molecule has 1 aliphatic carbocycles. The van der Waals surface area contributed by atoms with Crippen molar-refractivity contribution in [1.29, 1.82) is 0 Å². The van der Waals surface area contributed by atoms with Gasteiger partial charge in [0.25, 0.3) is 5.91 Å². The molecule has 8 rings (SSSR count). The summed E-state index contributed by atoms with van der Waals surface area (Å²) in [7, 11) is 3.64. The van der Waals surface area contributed by atoms with Gasteiger partial charge in [-0.1, -0.05) is 62.4 Å². The van der Waals surface area contributed by atoms with Crippen LogP contribution in [0.1, 0.15) is 75.0 Å². The molecule has 5 N–H and O–H groups in total.